The zero-order valence-corrected chi connectivity index (χ0v) is 17.7. The minimum Gasteiger partial charge on any atom is -0.302 e. The number of hydrogen-bond donors (Lipinski definition) is 0. The van der Waals surface area contributed by atoms with E-state index in [1.165, 1.54) is 103 Å². The molecule has 154 valence electrons. The summed E-state index contributed by atoms with van der Waals surface area (Å²) in [6.45, 7) is 10.5. The SMILES string of the molecule is c1cc(C2CC(CN3CCCC3CN3CCCC3)C2)ccc1CN1CCCC1. The van der Waals surface area contributed by atoms with E-state index in [0.717, 1.165) is 24.4 Å². The Bertz CT molecular complexity index is 609. The molecule has 3 saturated heterocycles. The highest BCUT2D eigenvalue weighted by Gasteiger charge is 2.35. The Morgan fingerprint density at radius 1 is 0.714 bits per heavy atom. The minimum atomic E-state index is 0.825. The van der Waals surface area contributed by atoms with Gasteiger partial charge in [0.15, 0.2) is 0 Å². The number of benzene rings is 1. The first-order valence-corrected chi connectivity index (χ1v) is 12.1. The molecule has 4 fully saturated rings. The van der Waals surface area contributed by atoms with Crippen molar-refractivity contribution in [1.82, 2.24) is 14.7 Å². The lowest BCUT2D eigenvalue weighted by atomic mass is 9.71. The van der Waals surface area contributed by atoms with E-state index in [1.807, 2.05) is 0 Å². The molecule has 28 heavy (non-hydrogen) atoms. The molecule has 3 nitrogen and oxygen atoms in total. The second-order valence-corrected chi connectivity index (χ2v) is 10.1. The van der Waals surface area contributed by atoms with Gasteiger partial charge in [0, 0.05) is 25.7 Å². The van der Waals surface area contributed by atoms with Crippen LogP contribution in [0.5, 0.6) is 0 Å². The lowest BCUT2D eigenvalue weighted by Crippen LogP contribution is -2.43. The van der Waals surface area contributed by atoms with Gasteiger partial charge in [-0.25, -0.2) is 0 Å². The predicted octanol–water partition coefficient (Wildman–Crippen LogP) is 4.34. The Kier molecular flexibility index (Phi) is 6.03. The van der Waals surface area contributed by atoms with Crippen LogP contribution in [-0.4, -0.2) is 66.6 Å². The predicted molar refractivity (Wildman–Crippen MR) is 117 cm³/mol. The molecule has 1 saturated carbocycles. The summed E-state index contributed by atoms with van der Waals surface area (Å²) < 4.78 is 0. The average molecular weight is 382 g/mol. The van der Waals surface area contributed by atoms with E-state index in [4.69, 9.17) is 0 Å². The molecule has 0 N–H and O–H groups in total. The summed E-state index contributed by atoms with van der Waals surface area (Å²) in [6, 6.07) is 10.5. The topological polar surface area (TPSA) is 9.72 Å². The molecule has 1 atom stereocenters. The maximum Gasteiger partial charge on any atom is 0.0233 e. The van der Waals surface area contributed by atoms with Gasteiger partial charge in [-0.3, -0.25) is 9.80 Å². The molecule has 1 aromatic carbocycles. The van der Waals surface area contributed by atoms with Crippen LogP contribution in [-0.2, 0) is 6.54 Å². The van der Waals surface area contributed by atoms with Crippen LogP contribution in [0, 0.1) is 5.92 Å². The third-order valence-corrected chi connectivity index (χ3v) is 7.95. The van der Waals surface area contributed by atoms with Crippen LogP contribution in [0.1, 0.15) is 68.4 Å². The van der Waals surface area contributed by atoms with Crippen molar-refractivity contribution in [2.75, 3.05) is 45.8 Å². The molecule has 1 unspecified atom stereocenters. The Morgan fingerprint density at radius 3 is 2.11 bits per heavy atom. The lowest BCUT2D eigenvalue weighted by molar-refractivity contribution is 0.128. The van der Waals surface area contributed by atoms with Crippen molar-refractivity contribution < 1.29 is 0 Å². The van der Waals surface area contributed by atoms with Crippen molar-refractivity contribution in [2.24, 2.45) is 5.92 Å². The molecule has 0 bridgehead atoms. The van der Waals surface area contributed by atoms with Crippen molar-refractivity contribution in [3.8, 4) is 0 Å². The highest BCUT2D eigenvalue weighted by molar-refractivity contribution is 5.27. The second kappa shape index (κ2) is 8.85. The smallest absolute Gasteiger partial charge is 0.0233 e. The van der Waals surface area contributed by atoms with E-state index in [0.29, 0.717) is 0 Å². The van der Waals surface area contributed by atoms with Crippen molar-refractivity contribution >= 4 is 0 Å². The minimum absolute atomic E-state index is 0.825. The quantitative estimate of drug-likeness (QED) is 0.696. The van der Waals surface area contributed by atoms with Crippen LogP contribution in [0.2, 0.25) is 0 Å². The molecule has 0 amide bonds. The molecule has 0 radical (unpaired) electrons. The van der Waals surface area contributed by atoms with Gasteiger partial charge in [-0.2, -0.15) is 0 Å². The molecule has 0 spiro atoms. The van der Waals surface area contributed by atoms with Gasteiger partial charge in [-0.15, -0.1) is 0 Å². The fraction of sp³-hybridized carbons (Fsp3) is 0.760. The maximum absolute atomic E-state index is 2.85. The standard InChI is InChI=1S/C25H39N3/c1-2-12-26(11-1)18-21-7-9-23(10-8-21)24-16-22(17-24)19-28-15-5-6-25(28)20-27-13-3-4-14-27/h7-10,22,24-25H,1-6,11-20H2. The van der Waals surface area contributed by atoms with Crippen molar-refractivity contribution in [3.05, 3.63) is 35.4 Å². The molecular weight excluding hydrogens is 342 g/mol. The van der Waals surface area contributed by atoms with Gasteiger partial charge < -0.3 is 4.90 Å². The monoisotopic (exact) mass is 381 g/mol. The van der Waals surface area contributed by atoms with Crippen LogP contribution < -0.4 is 0 Å². The van der Waals surface area contributed by atoms with Crippen LogP contribution in [0.15, 0.2) is 24.3 Å². The van der Waals surface area contributed by atoms with Gasteiger partial charge in [0.2, 0.25) is 0 Å². The normalized spacial score (nSPS) is 32.2. The summed E-state index contributed by atoms with van der Waals surface area (Å²) in [5.41, 5.74) is 3.10. The summed E-state index contributed by atoms with van der Waals surface area (Å²) in [6.07, 6.45) is 11.3. The van der Waals surface area contributed by atoms with Crippen LogP contribution >= 0.6 is 0 Å². The van der Waals surface area contributed by atoms with Gasteiger partial charge in [0.25, 0.3) is 0 Å². The van der Waals surface area contributed by atoms with Gasteiger partial charge in [-0.05, 0) is 107 Å². The molecule has 0 aromatic heterocycles. The van der Waals surface area contributed by atoms with Gasteiger partial charge >= 0.3 is 0 Å². The molecule has 1 aliphatic carbocycles. The van der Waals surface area contributed by atoms with Crippen LogP contribution in [0.3, 0.4) is 0 Å². The largest absolute Gasteiger partial charge is 0.302 e. The highest BCUT2D eigenvalue weighted by Crippen LogP contribution is 2.42. The lowest BCUT2D eigenvalue weighted by Gasteiger charge is -2.40. The first-order chi connectivity index (χ1) is 13.8. The molecule has 4 aliphatic rings. The summed E-state index contributed by atoms with van der Waals surface area (Å²) in [4.78, 5) is 8.16. The van der Waals surface area contributed by atoms with Crippen molar-refractivity contribution in [2.45, 2.75) is 69.9 Å². The fourth-order valence-corrected chi connectivity index (χ4v) is 6.19. The fourth-order valence-electron chi connectivity index (χ4n) is 6.19. The summed E-state index contributed by atoms with van der Waals surface area (Å²) in [5, 5.41) is 0. The molecule has 3 heterocycles. The number of likely N-dealkylation sites (tertiary alicyclic amines) is 3. The van der Waals surface area contributed by atoms with Crippen LogP contribution in [0.25, 0.3) is 0 Å². The summed E-state index contributed by atoms with van der Waals surface area (Å²) in [5.74, 6) is 1.76. The summed E-state index contributed by atoms with van der Waals surface area (Å²) in [7, 11) is 0. The van der Waals surface area contributed by atoms with Gasteiger partial charge in [0.05, 0.1) is 0 Å². The first-order valence-electron chi connectivity index (χ1n) is 12.1. The zero-order valence-electron chi connectivity index (χ0n) is 17.7. The third kappa shape index (κ3) is 4.47. The first kappa shape index (κ1) is 19.1. The van der Waals surface area contributed by atoms with Crippen LogP contribution in [0.4, 0.5) is 0 Å². The maximum atomic E-state index is 2.85. The van der Waals surface area contributed by atoms with Gasteiger partial charge in [0.1, 0.15) is 0 Å². The Morgan fingerprint density at radius 2 is 1.39 bits per heavy atom. The highest BCUT2D eigenvalue weighted by atomic mass is 15.2. The van der Waals surface area contributed by atoms with E-state index >= 15 is 0 Å². The average Bonchev–Trinajstić information content (AvgIpc) is 3.43. The zero-order chi connectivity index (χ0) is 18.8. The molecule has 3 aliphatic heterocycles. The van der Waals surface area contributed by atoms with E-state index < -0.39 is 0 Å². The number of rotatable bonds is 7. The Labute approximate surface area is 172 Å². The van der Waals surface area contributed by atoms with Crippen molar-refractivity contribution in [3.63, 3.8) is 0 Å². The third-order valence-electron chi connectivity index (χ3n) is 7.95. The molecular formula is C25H39N3. The van der Waals surface area contributed by atoms with E-state index in [2.05, 4.69) is 39.0 Å². The second-order valence-electron chi connectivity index (χ2n) is 10.1. The Balaban J connectivity index is 1.07. The molecule has 5 rings (SSSR count). The number of hydrogen-bond acceptors (Lipinski definition) is 3. The molecule has 1 aromatic rings. The summed E-state index contributed by atoms with van der Waals surface area (Å²) >= 11 is 0. The van der Waals surface area contributed by atoms with Crippen molar-refractivity contribution in [1.29, 1.82) is 0 Å². The number of nitrogens with zero attached hydrogens (tertiary/aromatic N) is 3. The van der Waals surface area contributed by atoms with E-state index in [1.54, 1.807) is 5.56 Å². The molecule has 3 heteroatoms. The van der Waals surface area contributed by atoms with E-state index in [-0.39, 0.29) is 0 Å². The van der Waals surface area contributed by atoms with Gasteiger partial charge in [-0.1, -0.05) is 24.3 Å². The van der Waals surface area contributed by atoms with E-state index in [9.17, 15) is 0 Å². The Hall–Kier alpha value is -0.900.